The maximum atomic E-state index is 3.46. The van der Waals surface area contributed by atoms with Crippen molar-refractivity contribution in [2.45, 2.75) is 64.7 Å². The normalized spacial score (nSPS) is 19.6. The van der Waals surface area contributed by atoms with Crippen molar-refractivity contribution in [2.75, 3.05) is 13.6 Å². The van der Waals surface area contributed by atoms with Crippen LogP contribution in [0.1, 0.15) is 63.5 Å². The monoisotopic (exact) mass is 273 g/mol. The van der Waals surface area contributed by atoms with E-state index in [0.29, 0.717) is 10.8 Å². The van der Waals surface area contributed by atoms with Crippen LogP contribution in [-0.2, 0) is 5.41 Å². The lowest BCUT2D eigenvalue weighted by molar-refractivity contribution is 0.00355. The molecule has 1 aromatic rings. The Balaban J connectivity index is 2.25. The third kappa shape index (κ3) is 2.79. The number of hydrogen-bond donors (Lipinski definition) is 1. The second-order valence-electron chi connectivity index (χ2n) is 6.98. The van der Waals surface area contributed by atoms with E-state index in [1.165, 1.54) is 44.1 Å². The van der Waals surface area contributed by atoms with Crippen molar-refractivity contribution in [1.82, 2.24) is 5.32 Å². The molecule has 0 aromatic heterocycles. The topological polar surface area (TPSA) is 12.0 Å². The molecule has 1 nitrogen and oxygen atoms in total. The molecular formula is C19H31N. The Kier molecular flexibility index (Phi) is 4.90. The second kappa shape index (κ2) is 6.30. The van der Waals surface area contributed by atoms with E-state index in [4.69, 9.17) is 0 Å². The van der Waals surface area contributed by atoms with Crippen LogP contribution in [0.3, 0.4) is 0 Å². The van der Waals surface area contributed by atoms with Gasteiger partial charge in [0.25, 0.3) is 0 Å². The Morgan fingerprint density at radius 1 is 1.05 bits per heavy atom. The Hall–Kier alpha value is -0.820. The Morgan fingerprint density at radius 2 is 1.65 bits per heavy atom. The van der Waals surface area contributed by atoms with Gasteiger partial charge in [-0.1, -0.05) is 51.0 Å². The van der Waals surface area contributed by atoms with Crippen LogP contribution >= 0.6 is 0 Å². The smallest absolute Gasteiger partial charge is 0.00908 e. The lowest BCUT2D eigenvalue weighted by atomic mass is 9.47. The number of hydrogen-bond acceptors (Lipinski definition) is 1. The molecule has 0 unspecified atom stereocenters. The van der Waals surface area contributed by atoms with Crippen LogP contribution in [0.2, 0.25) is 0 Å². The first-order valence-electron chi connectivity index (χ1n) is 8.32. The largest absolute Gasteiger partial charge is 0.319 e. The Bertz CT molecular complexity index is 421. The molecule has 2 rings (SSSR count). The van der Waals surface area contributed by atoms with Crippen LogP contribution in [0.4, 0.5) is 0 Å². The first-order valence-corrected chi connectivity index (χ1v) is 8.32. The van der Waals surface area contributed by atoms with Gasteiger partial charge in [-0.2, -0.15) is 0 Å². The van der Waals surface area contributed by atoms with E-state index in [0.717, 1.165) is 6.54 Å². The average molecular weight is 273 g/mol. The SMILES string of the molecule is CCCC1(CCC)CC(CNC)(c2ccccc2C)C1. The van der Waals surface area contributed by atoms with Crippen molar-refractivity contribution < 1.29 is 0 Å². The van der Waals surface area contributed by atoms with Gasteiger partial charge in [0, 0.05) is 12.0 Å². The summed E-state index contributed by atoms with van der Waals surface area (Å²) in [5.74, 6) is 0. The molecule has 0 bridgehead atoms. The lowest BCUT2D eigenvalue weighted by Crippen LogP contribution is -2.54. The molecule has 1 N–H and O–H groups in total. The van der Waals surface area contributed by atoms with Gasteiger partial charge in [0.15, 0.2) is 0 Å². The zero-order chi connectivity index (χ0) is 14.6. The summed E-state index contributed by atoms with van der Waals surface area (Å²) in [6, 6.07) is 9.00. The van der Waals surface area contributed by atoms with Crippen molar-refractivity contribution in [3.05, 3.63) is 35.4 Å². The van der Waals surface area contributed by atoms with Gasteiger partial charge in [-0.25, -0.2) is 0 Å². The van der Waals surface area contributed by atoms with Crippen molar-refractivity contribution in [3.63, 3.8) is 0 Å². The van der Waals surface area contributed by atoms with Crippen LogP contribution in [0.25, 0.3) is 0 Å². The molecule has 20 heavy (non-hydrogen) atoms. The summed E-state index contributed by atoms with van der Waals surface area (Å²) in [6.45, 7) is 8.06. The van der Waals surface area contributed by atoms with Gasteiger partial charge in [-0.3, -0.25) is 0 Å². The van der Waals surface area contributed by atoms with Crippen molar-refractivity contribution in [1.29, 1.82) is 0 Å². The predicted molar refractivity (Wildman–Crippen MR) is 88.3 cm³/mol. The maximum Gasteiger partial charge on any atom is 0.00908 e. The van der Waals surface area contributed by atoms with E-state index in [-0.39, 0.29) is 0 Å². The fourth-order valence-electron chi connectivity index (χ4n) is 4.84. The van der Waals surface area contributed by atoms with Crippen molar-refractivity contribution in [2.24, 2.45) is 5.41 Å². The van der Waals surface area contributed by atoms with E-state index < -0.39 is 0 Å². The highest BCUT2D eigenvalue weighted by Crippen LogP contribution is 2.60. The van der Waals surface area contributed by atoms with Crippen LogP contribution in [0.5, 0.6) is 0 Å². The summed E-state index contributed by atoms with van der Waals surface area (Å²) >= 11 is 0. The van der Waals surface area contributed by atoms with Crippen LogP contribution in [-0.4, -0.2) is 13.6 Å². The highest BCUT2D eigenvalue weighted by atomic mass is 14.8. The standard InChI is InChI=1S/C19H31N/c1-5-11-18(12-6-2)13-19(14-18,15-20-4)17-10-8-7-9-16(17)3/h7-10,20H,5-6,11-15H2,1-4H3. The van der Waals surface area contributed by atoms with Gasteiger partial charge < -0.3 is 5.32 Å². The van der Waals surface area contributed by atoms with E-state index in [9.17, 15) is 0 Å². The fraction of sp³-hybridized carbons (Fsp3) is 0.684. The molecule has 0 radical (unpaired) electrons. The molecule has 0 heterocycles. The lowest BCUT2D eigenvalue weighted by Gasteiger charge is -2.58. The van der Waals surface area contributed by atoms with Crippen molar-refractivity contribution >= 4 is 0 Å². The van der Waals surface area contributed by atoms with E-state index in [1.807, 2.05) is 0 Å². The molecule has 1 aromatic carbocycles. The number of likely N-dealkylation sites (N-methyl/N-ethyl adjacent to an activating group) is 1. The minimum absolute atomic E-state index is 0.379. The first kappa shape index (κ1) is 15.6. The van der Waals surface area contributed by atoms with Gasteiger partial charge in [-0.05, 0) is 56.2 Å². The van der Waals surface area contributed by atoms with E-state index in [2.05, 4.69) is 57.4 Å². The third-order valence-electron chi connectivity index (χ3n) is 5.22. The third-order valence-corrected chi connectivity index (χ3v) is 5.22. The molecule has 1 aliphatic carbocycles. The molecule has 0 atom stereocenters. The van der Waals surface area contributed by atoms with Gasteiger partial charge in [0.05, 0.1) is 0 Å². The molecule has 0 amide bonds. The summed E-state index contributed by atoms with van der Waals surface area (Å²) in [7, 11) is 2.10. The summed E-state index contributed by atoms with van der Waals surface area (Å²) in [5.41, 5.74) is 4.04. The molecular weight excluding hydrogens is 242 g/mol. The molecule has 112 valence electrons. The molecule has 1 saturated carbocycles. The fourth-order valence-corrected chi connectivity index (χ4v) is 4.84. The predicted octanol–water partition coefficient (Wildman–Crippen LogP) is 4.83. The first-order chi connectivity index (χ1) is 9.61. The zero-order valence-corrected chi connectivity index (χ0v) is 13.8. The van der Waals surface area contributed by atoms with Gasteiger partial charge in [0.1, 0.15) is 0 Å². The van der Waals surface area contributed by atoms with Crippen molar-refractivity contribution in [3.8, 4) is 0 Å². The quantitative estimate of drug-likeness (QED) is 0.750. The molecule has 0 spiro atoms. The van der Waals surface area contributed by atoms with E-state index in [1.54, 1.807) is 5.56 Å². The maximum absolute atomic E-state index is 3.46. The highest BCUT2D eigenvalue weighted by molar-refractivity contribution is 5.37. The van der Waals surface area contributed by atoms with Gasteiger partial charge in [-0.15, -0.1) is 0 Å². The minimum Gasteiger partial charge on any atom is -0.319 e. The van der Waals surface area contributed by atoms with Crippen LogP contribution in [0, 0.1) is 12.3 Å². The van der Waals surface area contributed by atoms with Gasteiger partial charge >= 0.3 is 0 Å². The number of benzene rings is 1. The van der Waals surface area contributed by atoms with Crippen LogP contribution in [0.15, 0.2) is 24.3 Å². The molecule has 0 aliphatic heterocycles. The summed E-state index contributed by atoms with van der Waals surface area (Å²) in [6.07, 6.45) is 8.18. The second-order valence-corrected chi connectivity index (χ2v) is 6.98. The molecule has 1 aliphatic rings. The van der Waals surface area contributed by atoms with Gasteiger partial charge in [0.2, 0.25) is 0 Å². The molecule has 0 saturated heterocycles. The number of rotatable bonds is 7. The highest BCUT2D eigenvalue weighted by Gasteiger charge is 2.53. The Morgan fingerprint density at radius 3 is 2.15 bits per heavy atom. The number of nitrogens with one attached hydrogen (secondary N) is 1. The minimum atomic E-state index is 0.379. The van der Waals surface area contributed by atoms with Crippen LogP contribution < -0.4 is 5.32 Å². The average Bonchev–Trinajstić information content (AvgIpc) is 2.38. The Labute approximate surface area is 125 Å². The van der Waals surface area contributed by atoms with E-state index >= 15 is 0 Å². The summed E-state index contributed by atoms with van der Waals surface area (Å²) in [4.78, 5) is 0. The summed E-state index contributed by atoms with van der Waals surface area (Å²) < 4.78 is 0. The summed E-state index contributed by atoms with van der Waals surface area (Å²) in [5, 5.41) is 3.46. The zero-order valence-electron chi connectivity index (χ0n) is 13.8. The molecule has 1 heteroatoms. The molecule has 1 fully saturated rings. The number of aryl methyl sites for hydroxylation is 1.